The summed E-state index contributed by atoms with van der Waals surface area (Å²) in [6, 6.07) is 12.1. The van der Waals surface area contributed by atoms with Crippen LogP contribution in [-0.2, 0) is 0 Å². The zero-order valence-electron chi connectivity index (χ0n) is 13.9. The molecule has 1 aromatic heterocycles. The average molecular weight is 378 g/mol. The number of aryl methyl sites for hydroxylation is 1. The van der Waals surface area contributed by atoms with Crippen LogP contribution in [0.1, 0.15) is 15.2 Å². The van der Waals surface area contributed by atoms with Crippen LogP contribution in [0.5, 0.6) is 5.75 Å². The van der Waals surface area contributed by atoms with Gasteiger partial charge >= 0.3 is 0 Å². The van der Waals surface area contributed by atoms with E-state index in [0.29, 0.717) is 33.1 Å². The van der Waals surface area contributed by atoms with E-state index in [-0.39, 0.29) is 11.7 Å². The molecule has 3 rings (SSSR count). The SMILES string of the molecule is Cc1cccc(OCCN(C)C(=O)c2sc3cc(F)ccc3c2Cl)c1. The Balaban J connectivity index is 1.67. The highest BCUT2D eigenvalue weighted by Gasteiger charge is 2.20. The molecule has 0 bridgehead atoms. The summed E-state index contributed by atoms with van der Waals surface area (Å²) in [5.41, 5.74) is 1.12. The van der Waals surface area contributed by atoms with Gasteiger partial charge in [-0.15, -0.1) is 11.3 Å². The minimum Gasteiger partial charge on any atom is -0.492 e. The van der Waals surface area contributed by atoms with E-state index in [9.17, 15) is 9.18 Å². The predicted octanol–water partition coefficient (Wildman–Crippen LogP) is 5.15. The van der Waals surface area contributed by atoms with Gasteiger partial charge in [-0.05, 0) is 42.8 Å². The van der Waals surface area contributed by atoms with Gasteiger partial charge in [-0.25, -0.2) is 4.39 Å². The van der Waals surface area contributed by atoms with Crippen LogP contribution in [0.15, 0.2) is 42.5 Å². The summed E-state index contributed by atoms with van der Waals surface area (Å²) in [6.07, 6.45) is 0. The van der Waals surface area contributed by atoms with E-state index in [1.165, 1.54) is 23.5 Å². The molecule has 0 fully saturated rings. The van der Waals surface area contributed by atoms with Gasteiger partial charge in [-0.3, -0.25) is 4.79 Å². The maximum Gasteiger partial charge on any atom is 0.265 e. The van der Waals surface area contributed by atoms with E-state index >= 15 is 0 Å². The lowest BCUT2D eigenvalue weighted by Gasteiger charge is -2.17. The van der Waals surface area contributed by atoms with Crippen molar-refractivity contribution in [3.63, 3.8) is 0 Å². The Kier molecular flexibility index (Phi) is 5.25. The lowest BCUT2D eigenvalue weighted by molar-refractivity contribution is 0.0778. The number of thiophene rings is 1. The molecule has 1 amide bonds. The smallest absolute Gasteiger partial charge is 0.265 e. The molecule has 3 nitrogen and oxygen atoms in total. The number of nitrogens with zero attached hydrogens (tertiary/aromatic N) is 1. The number of ether oxygens (including phenoxy) is 1. The lowest BCUT2D eigenvalue weighted by Crippen LogP contribution is -2.30. The second-order valence-corrected chi connectivity index (χ2v) is 7.21. The second kappa shape index (κ2) is 7.42. The quantitative estimate of drug-likeness (QED) is 0.615. The molecular weight excluding hydrogens is 361 g/mol. The lowest BCUT2D eigenvalue weighted by atomic mass is 10.2. The van der Waals surface area contributed by atoms with Gasteiger partial charge in [-0.1, -0.05) is 23.7 Å². The van der Waals surface area contributed by atoms with Gasteiger partial charge in [0.15, 0.2) is 0 Å². The fourth-order valence-corrected chi connectivity index (χ4v) is 3.99. The molecule has 0 N–H and O–H groups in total. The summed E-state index contributed by atoms with van der Waals surface area (Å²) in [5.74, 6) is 0.236. The van der Waals surface area contributed by atoms with Crippen molar-refractivity contribution < 1.29 is 13.9 Å². The number of hydrogen-bond donors (Lipinski definition) is 0. The van der Waals surface area contributed by atoms with Crippen molar-refractivity contribution in [3.05, 3.63) is 63.7 Å². The van der Waals surface area contributed by atoms with E-state index in [2.05, 4.69) is 0 Å². The Morgan fingerprint density at radius 3 is 2.84 bits per heavy atom. The number of hydrogen-bond acceptors (Lipinski definition) is 3. The van der Waals surface area contributed by atoms with Crippen LogP contribution >= 0.6 is 22.9 Å². The average Bonchev–Trinajstić information content (AvgIpc) is 2.90. The topological polar surface area (TPSA) is 29.5 Å². The first-order valence-electron chi connectivity index (χ1n) is 7.78. The zero-order chi connectivity index (χ0) is 18.0. The second-order valence-electron chi connectivity index (χ2n) is 5.78. The highest BCUT2D eigenvalue weighted by Crippen LogP contribution is 2.36. The van der Waals surface area contributed by atoms with Gasteiger partial charge < -0.3 is 9.64 Å². The number of fused-ring (bicyclic) bond motifs is 1. The summed E-state index contributed by atoms with van der Waals surface area (Å²) in [4.78, 5) is 14.6. The van der Waals surface area contributed by atoms with Crippen LogP contribution < -0.4 is 4.74 Å². The number of benzene rings is 2. The van der Waals surface area contributed by atoms with Crippen molar-refractivity contribution in [2.24, 2.45) is 0 Å². The molecule has 3 aromatic rings. The van der Waals surface area contributed by atoms with Crippen molar-refractivity contribution in [3.8, 4) is 5.75 Å². The zero-order valence-corrected chi connectivity index (χ0v) is 15.5. The largest absolute Gasteiger partial charge is 0.492 e. The number of amides is 1. The van der Waals surface area contributed by atoms with Crippen LogP contribution in [0, 0.1) is 12.7 Å². The van der Waals surface area contributed by atoms with Crippen LogP contribution in [0.2, 0.25) is 5.02 Å². The summed E-state index contributed by atoms with van der Waals surface area (Å²) >= 11 is 7.51. The van der Waals surface area contributed by atoms with Crippen molar-refractivity contribution in [1.29, 1.82) is 0 Å². The third kappa shape index (κ3) is 3.94. The standard InChI is InChI=1S/C19H17ClFNO2S/c1-12-4-3-5-14(10-12)24-9-8-22(2)19(23)18-17(20)15-7-6-13(21)11-16(15)25-18/h3-7,10-11H,8-9H2,1-2H3. The Labute approximate surface area is 154 Å². The van der Waals surface area contributed by atoms with Crippen molar-refractivity contribution in [2.75, 3.05) is 20.2 Å². The van der Waals surface area contributed by atoms with Gasteiger partial charge in [0.1, 0.15) is 23.1 Å². The number of carbonyl (C=O) groups is 1. The summed E-state index contributed by atoms with van der Waals surface area (Å²) in [7, 11) is 1.70. The highest BCUT2D eigenvalue weighted by atomic mass is 35.5. The van der Waals surface area contributed by atoms with Crippen molar-refractivity contribution in [2.45, 2.75) is 6.92 Å². The highest BCUT2D eigenvalue weighted by molar-refractivity contribution is 7.21. The number of carbonyl (C=O) groups excluding carboxylic acids is 1. The summed E-state index contributed by atoms with van der Waals surface area (Å²) < 4.78 is 19.7. The van der Waals surface area contributed by atoms with Gasteiger partial charge in [0, 0.05) is 17.1 Å². The molecule has 2 aromatic carbocycles. The molecular formula is C19H17ClFNO2S. The first-order valence-corrected chi connectivity index (χ1v) is 8.97. The molecule has 0 saturated carbocycles. The fourth-order valence-electron chi connectivity index (χ4n) is 2.46. The molecule has 25 heavy (non-hydrogen) atoms. The Hall–Kier alpha value is -2.11. The predicted molar refractivity (Wildman–Crippen MR) is 100 cm³/mol. The molecule has 0 unspecified atom stereocenters. The molecule has 0 saturated heterocycles. The Morgan fingerprint density at radius 2 is 2.08 bits per heavy atom. The van der Waals surface area contributed by atoms with Crippen molar-refractivity contribution in [1.82, 2.24) is 4.90 Å². The molecule has 0 aliphatic rings. The van der Waals surface area contributed by atoms with Gasteiger partial charge in [0.05, 0.1) is 11.6 Å². The van der Waals surface area contributed by atoms with Crippen LogP contribution in [0.25, 0.3) is 10.1 Å². The van der Waals surface area contributed by atoms with Gasteiger partial charge in [0.25, 0.3) is 5.91 Å². The van der Waals surface area contributed by atoms with E-state index in [1.807, 2.05) is 31.2 Å². The summed E-state index contributed by atoms with van der Waals surface area (Å²) in [6.45, 7) is 2.79. The minimum absolute atomic E-state index is 0.195. The van der Waals surface area contributed by atoms with Crippen LogP contribution in [0.4, 0.5) is 4.39 Å². The molecule has 1 heterocycles. The maximum absolute atomic E-state index is 13.3. The maximum atomic E-state index is 13.3. The molecule has 0 aliphatic carbocycles. The van der Waals surface area contributed by atoms with Crippen LogP contribution in [0.3, 0.4) is 0 Å². The molecule has 0 spiro atoms. The van der Waals surface area contributed by atoms with Gasteiger partial charge in [-0.2, -0.15) is 0 Å². The Morgan fingerprint density at radius 1 is 1.28 bits per heavy atom. The summed E-state index contributed by atoms with van der Waals surface area (Å²) in [5, 5.41) is 1.07. The molecule has 0 radical (unpaired) electrons. The number of halogens is 2. The first kappa shape index (κ1) is 17.7. The monoisotopic (exact) mass is 377 g/mol. The van der Waals surface area contributed by atoms with E-state index in [1.54, 1.807) is 18.0 Å². The third-order valence-corrected chi connectivity index (χ3v) is 5.46. The molecule has 6 heteroatoms. The van der Waals surface area contributed by atoms with E-state index in [0.717, 1.165) is 11.3 Å². The minimum atomic E-state index is -0.343. The molecule has 130 valence electrons. The number of likely N-dealkylation sites (N-methyl/N-ethyl adjacent to an activating group) is 1. The molecule has 0 aliphatic heterocycles. The number of rotatable bonds is 5. The Bertz CT molecular complexity index is 925. The fraction of sp³-hybridized carbons (Fsp3) is 0.211. The van der Waals surface area contributed by atoms with E-state index in [4.69, 9.17) is 16.3 Å². The third-order valence-electron chi connectivity index (χ3n) is 3.82. The van der Waals surface area contributed by atoms with Gasteiger partial charge in [0.2, 0.25) is 0 Å². The molecule has 0 atom stereocenters. The van der Waals surface area contributed by atoms with E-state index < -0.39 is 0 Å². The first-order chi connectivity index (χ1) is 12.0. The van der Waals surface area contributed by atoms with Crippen LogP contribution in [-0.4, -0.2) is 31.0 Å². The van der Waals surface area contributed by atoms with Crippen molar-refractivity contribution >= 4 is 38.9 Å². The normalized spacial score (nSPS) is 10.9.